The Hall–Kier alpha value is -1.07. The molecule has 1 rings (SSSR count). The van der Waals surface area contributed by atoms with Crippen LogP contribution in [0.1, 0.15) is 11.1 Å². The molecule has 5 heteroatoms. The predicted molar refractivity (Wildman–Crippen MR) is 64.7 cm³/mol. The predicted octanol–water partition coefficient (Wildman–Crippen LogP) is 1.72. The number of methoxy groups -OCH3 is 1. The zero-order valence-corrected chi connectivity index (χ0v) is 10.7. The molecule has 1 aromatic carbocycles. The molecule has 1 aromatic rings. The van der Waals surface area contributed by atoms with Crippen LogP contribution in [-0.4, -0.2) is 24.2 Å². The molecular weight excluding hydrogens is 274 g/mol. The van der Waals surface area contributed by atoms with Crippen molar-refractivity contribution >= 4 is 21.9 Å². The third kappa shape index (κ3) is 2.74. The second-order valence-corrected chi connectivity index (χ2v) is 4.38. The number of carboxylic acids is 1. The Balaban J connectivity index is 3.11. The van der Waals surface area contributed by atoms with Crippen molar-refractivity contribution in [1.29, 1.82) is 0 Å². The summed E-state index contributed by atoms with van der Waals surface area (Å²) in [5, 5.41) is 8.79. The number of hydrogen-bond donors (Lipinski definition) is 2. The fourth-order valence-corrected chi connectivity index (χ4v) is 1.98. The molecule has 0 fully saturated rings. The molecule has 0 bridgehead atoms. The van der Waals surface area contributed by atoms with Gasteiger partial charge in [0, 0.05) is 16.5 Å². The Morgan fingerprint density at radius 3 is 2.75 bits per heavy atom. The Morgan fingerprint density at radius 2 is 2.25 bits per heavy atom. The van der Waals surface area contributed by atoms with Gasteiger partial charge in [-0.25, -0.2) is 0 Å². The third-order valence-electron chi connectivity index (χ3n) is 2.35. The zero-order chi connectivity index (χ0) is 12.3. The first-order valence-electron chi connectivity index (χ1n) is 4.77. The van der Waals surface area contributed by atoms with Crippen molar-refractivity contribution in [1.82, 2.24) is 0 Å². The highest BCUT2D eigenvalue weighted by molar-refractivity contribution is 9.10. The number of halogens is 1. The molecule has 4 nitrogen and oxygen atoms in total. The molecule has 0 heterocycles. The van der Waals surface area contributed by atoms with Crippen LogP contribution in [0.3, 0.4) is 0 Å². The Bertz CT molecular complexity index is 406. The number of carbonyl (C=O) groups is 1. The number of carboxylic acid groups (broad SMARTS) is 1. The molecule has 0 aliphatic heterocycles. The number of ether oxygens (including phenoxy) is 1. The standard InChI is InChI=1S/C11H14BrNO3/c1-6-3-4-8(12)7(10(6)16-2)5-9(13)11(14)15/h3-4,9H,5,13H2,1-2H3,(H,14,15). The Morgan fingerprint density at radius 1 is 1.62 bits per heavy atom. The summed E-state index contributed by atoms with van der Waals surface area (Å²) in [5.74, 6) is -0.332. The molecular formula is C11H14BrNO3. The molecule has 0 aromatic heterocycles. The van der Waals surface area contributed by atoms with E-state index in [0.717, 1.165) is 15.6 Å². The van der Waals surface area contributed by atoms with Crippen LogP contribution in [0.25, 0.3) is 0 Å². The summed E-state index contributed by atoms with van der Waals surface area (Å²) >= 11 is 3.37. The summed E-state index contributed by atoms with van der Waals surface area (Å²) in [7, 11) is 1.56. The van der Waals surface area contributed by atoms with E-state index in [1.807, 2.05) is 19.1 Å². The highest BCUT2D eigenvalue weighted by Gasteiger charge is 2.18. The van der Waals surface area contributed by atoms with Gasteiger partial charge >= 0.3 is 5.97 Å². The van der Waals surface area contributed by atoms with E-state index in [2.05, 4.69) is 15.9 Å². The first-order valence-corrected chi connectivity index (χ1v) is 5.57. The minimum absolute atomic E-state index is 0.237. The minimum Gasteiger partial charge on any atom is -0.496 e. The molecule has 0 spiro atoms. The van der Waals surface area contributed by atoms with Crippen LogP contribution in [0.4, 0.5) is 0 Å². The molecule has 3 N–H and O–H groups in total. The number of rotatable bonds is 4. The van der Waals surface area contributed by atoms with E-state index in [1.54, 1.807) is 7.11 Å². The summed E-state index contributed by atoms with van der Waals surface area (Å²) < 4.78 is 6.07. The van der Waals surface area contributed by atoms with E-state index in [4.69, 9.17) is 15.6 Å². The van der Waals surface area contributed by atoms with Crippen LogP contribution >= 0.6 is 15.9 Å². The Kier molecular flexibility index (Phi) is 4.32. The van der Waals surface area contributed by atoms with Gasteiger partial charge in [-0.2, -0.15) is 0 Å². The molecule has 0 saturated carbocycles. The summed E-state index contributed by atoms with van der Waals surface area (Å²) in [6.45, 7) is 1.90. The van der Waals surface area contributed by atoms with Gasteiger partial charge in [0.1, 0.15) is 11.8 Å². The second-order valence-electron chi connectivity index (χ2n) is 3.52. The van der Waals surface area contributed by atoms with Gasteiger partial charge in [0.2, 0.25) is 0 Å². The van der Waals surface area contributed by atoms with Crippen molar-refractivity contribution in [2.75, 3.05) is 7.11 Å². The number of hydrogen-bond acceptors (Lipinski definition) is 3. The zero-order valence-electron chi connectivity index (χ0n) is 9.16. The lowest BCUT2D eigenvalue weighted by molar-refractivity contribution is -0.138. The molecule has 0 saturated heterocycles. The highest BCUT2D eigenvalue weighted by Crippen LogP contribution is 2.31. The van der Waals surface area contributed by atoms with Gasteiger partial charge in [0.15, 0.2) is 0 Å². The van der Waals surface area contributed by atoms with Crippen LogP contribution in [0.5, 0.6) is 5.75 Å². The van der Waals surface area contributed by atoms with Crippen molar-refractivity contribution in [2.45, 2.75) is 19.4 Å². The molecule has 1 unspecified atom stereocenters. The lowest BCUT2D eigenvalue weighted by Crippen LogP contribution is -2.32. The number of nitrogens with two attached hydrogens (primary N) is 1. The molecule has 88 valence electrons. The maximum absolute atomic E-state index is 10.7. The first kappa shape index (κ1) is 13.0. The van der Waals surface area contributed by atoms with Gasteiger partial charge in [-0.1, -0.05) is 22.0 Å². The number of aryl methyl sites for hydroxylation is 1. The van der Waals surface area contributed by atoms with Crippen molar-refractivity contribution in [3.63, 3.8) is 0 Å². The highest BCUT2D eigenvalue weighted by atomic mass is 79.9. The van der Waals surface area contributed by atoms with Gasteiger partial charge in [-0.3, -0.25) is 4.79 Å². The normalized spacial score (nSPS) is 12.2. The molecule has 1 atom stereocenters. The summed E-state index contributed by atoms with van der Waals surface area (Å²) in [4.78, 5) is 10.7. The van der Waals surface area contributed by atoms with Gasteiger partial charge in [0.05, 0.1) is 7.11 Å². The molecule has 0 aliphatic rings. The van der Waals surface area contributed by atoms with Crippen LogP contribution in [0, 0.1) is 6.92 Å². The topological polar surface area (TPSA) is 72.5 Å². The van der Waals surface area contributed by atoms with Crippen LogP contribution in [0.2, 0.25) is 0 Å². The summed E-state index contributed by atoms with van der Waals surface area (Å²) in [6.07, 6.45) is 0.237. The van der Waals surface area contributed by atoms with Crippen molar-refractivity contribution in [3.8, 4) is 5.75 Å². The molecule has 0 amide bonds. The largest absolute Gasteiger partial charge is 0.496 e. The summed E-state index contributed by atoms with van der Waals surface area (Å²) in [6, 6.07) is 2.84. The van der Waals surface area contributed by atoms with E-state index in [9.17, 15) is 4.79 Å². The average molecular weight is 288 g/mol. The van der Waals surface area contributed by atoms with Gasteiger partial charge in [-0.15, -0.1) is 0 Å². The smallest absolute Gasteiger partial charge is 0.320 e. The van der Waals surface area contributed by atoms with Crippen LogP contribution in [-0.2, 0) is 11.2 Å². The lowest BCUT2D eigenvalue weighted by Gasteiger charge is -2.15. The first-order chi connectivity index (χ1) is 7.47. The minimum atomic E-state index is -1.02. The average Bonchev–Trinajstić information content (AvgIpc) is 2.23. The SMILES string of the molecule is COc1c(C)ccc(Br)c1CC(N)C(=O)O. The molecule has 0 aliphatic carbocycles. The van der Waals surface area contributed by atoms with E-state index in [0.29, 0.717) is 5.75 Å². The van der Waals surface area contributed by atoms with E-state index in [-0.39, 0.29) is 6.42 Å². The Labute approximate surface area is 103 Å². The number of benzene rings is 1. The van der Waals surface area contributed by atoms with Crippen LogP contribution < -0.4 is 10.5 Å². The van der Waals surface area contributed by atoms with Crippen molar-refractivity contribution < 1.29 is 14.6 Å². The monoisotopic (exact) mass is 287 g/mol. The fourth-order valence-electron chi connectivity index (χ4n) is 1.50. The quantitative estimate of drug-likeness (QED) is 0.885. The maximum atomic E-state index is 10.7. The third-order valence-corrected chi connectivity index (χ3v) is 3.09. The molecule has 16 heavy (non-hydrogen) atoms. The van der Waals surface area contributed by atoms with E-state index in [1.165, 1.54) is 0 Å². The fraction of sp³-hybridized carbons (Fsp3) is 0.364. The van der Waals surface area contributed by atoms with E-state index < -0.39 is 12.0 Å². The van der Waals surface area contributed by atoms with E-state index >= 15 is 0 Å². The summed E-state index contributed by atoms with van der Waals surface area (Å²) in [5.41, 5.74) is 7.26. The maximum Gasteiger partial charge on any atom is 0.320 e. The van der Waals surface area contributed by atoms with Gasteiger partial charge in [-0.05, 0) is 18.6 Å². The second kappa shape index (κ2) is 5.32. The van der Waals surface area contributed by atoms with Gasteiger partial charge in [0.25, 0.3) is 0 Å². The molecule has 0 radical (unpaired) electrons. The number of aliphatic carboxylic acids is 1. The van der Waals surface area contributed by atoms with Crippen LogP contribution in [0.15, 0.2) is 16.6 Å². The van der Waals surface area contributed by atoms with Crippen molar-refractivity contribution in [2.24, 2.45) is 5.73 Å². The lowest BCUT2D eigenvalue weighted by atomic mass is 10.0. The van der Waals surface area contributed by atoms with Crippen molar-refractivity contribution in [3.05, 3.63) is 27.7 Å². The van der Waals surface area contributed by atoms with Gasteiger partial charge < -0.3 is 15.6 Å².